The minimum absolute atomic E-state index is 0.0616. The number of carbonyl (C=O) groups is 1. The molecule has 0 radical (unpaired) electrons. The van der Waals surface area contributed by atoms with E-state index in [4.69, 9.17) is 0 Å². The molecule has 0 spiro atoms. The van der Waals surface area contributed by atoms with Crippen molar-refractivity contribution in [2.24, 2.45) is 0 Å². The predicted molar refractivity (Wildman–Crippen MR) is 95.2 cm³/mol. The van der Waals surface area contributed by atoms with Gasteiger partial charge in [-0.2, -0.15) is 13.2 Å². The molecule has 9 heteroatoms. The van der Waals surface area contributed by atoms with E-state index in [9.17, 15) is 26.4 Å². The zero-order chi connectivity index (χ0) is 19.7. The second-order valence-electron chi connectivity index (χ2n) is 7.49. The van der Waals surface area contributed by atoms with Crippen molar-refractivity contribution < 1.29 is 26.4 Å². The van der Waals surface area contributed by atoms with Crippen molar-refractivity contribution in [1.29, 1.82) is 0 Å². The topological polar surface area (TPSA) is 75.3 Å². The lowest BCUT2D eigenvalue weighted by Crippen LogP contribution is -2.47. The molecule has 1 heterocycles. The minimum Gasteiger partial charge on any atom is -0.337 e. The number of rotatable bonds is 4. The van der Waals surface area contributed by atoms with Crippen molar-refractivity contribution in [3.63, 3.8) is 0 Å². The first-order chi connectivity index (χ1) is 12.6. The quantitative estimate of drug-likeness (QED) is 0.810. The SMILES string of the molecule is O=C(NCC1(c2cccc(C(F)(F)F)c2)CCCC1)N[C@H]1CCS(=O)(=O)C1. The summed E-state index contributed by atoms with van der Waals surface area (Å²) in [5, 5.41) is 5.40. The number of halogens is 3. The maximum atomic E-state index is 13.1. The van der Waals surface area contributed by atoms with Crippen LogP contribution in [0.1, 0.15) is 43.2 Å². The van der Waals surface area contributed by atoms with Crippen molar-refractivity contribution in [3.8, 4) is 0 Å². The van der Waals surface area contributed by atoms with Crippen LogP contribution in [0.3, 0.4) is 0 Å². The van der Waals surface area contributed by atoms with Gasteiger partial charge in [0.1, 0.15) is 0 Å². The standard InChI is InChI=1S/C18H23F3N2O3S/c19-18(20,21)14-5-3-4-13(10-14)17(7-1-2-8-17)12-22-16(24)23-15-6-9-27(25,26)11-15/h3-5,10,15H,1-2,6-9,11-12H2,(H2,22,23,24)/t15-/m0/s1. The number of hydrogen-bond donors (Lipinski definition) is 2. The third-order valence-corrected chi connectivity index (χ3v) is 7.29. The number of benzene rings is 1. The summed E-state index contributed by atoms with van der Waals surface area (Å²) in [6.07, 6.45) is -0.845. The smallest absolute Gasteiger partial charge is 0.337 e. The Labute approximate surface area is 156 Å². The predicted octanol–water partition coefficient (Wildman–Crippen LogP) is 3.00. The Kier molecular flexibility index (Phi) is 5.42. The highest BCUT2D eigenvalue weighted by molar-refractivity contribution is 7.91. The lowest BCUT2D eigenvalue weighted by molar-refractivity contribution is -0.137. The molecule has 0 unspecified atom stereocenters. The van der Waals surface area contributed by atoms with Crippen molar-refractivity contribution in [3.05, 3.63) is 35.4 Å². The van der Waals surface area contributed by atoms with Crippen LogP contribution in [0.5, 0.6) is 0 Å². The Morgan fingerprint density at radius 3 is 2.52 bits per heavy atom. The second kappa shape index (κ2) is 7.33. The minimum atomic E-state index is -4.41. The van der Waals surface area contributed by atoms with Crippen molar-refractivity contribution in [2.45, 2.75) is 49.7 Å². The fourth-order valence-corrected chi connectivity index (χ4v) is 5.71. The molecular weight excluding hydrogens is 381 g/mol. The molecule has 2 amide bonds. The largest absolute Gasteiger partial charge is 0.416 e. The number of amides is 2. The molecule has 1 aliphatic carbocycles. The van der Waals surface area contributed by atoms with Crippen LogP contribution in [0, 0.1) is 0 Å². The maximum absolute atomic E-state index is 13.1. The third kappa shape index (κ3) is 4.75. The van der Waals surface area contributed by atoms with Gasteiger partial charge in [0, 0.05) is 18.0 Å². The molecule has 1 saturated heterocycles. The second-order valence-corrected chi connectivity index (χ2v) is 9.72. The Hall–Kier alpha value is -1.77. The van der Waals surface area contributed by atoms with E-state index in [0.717, 1.165) is 18.9 Å². The fraction of sp³-hybridized carbons (Fsp3) is 0.611. The van der Waals surface area contributed by atoms with E-state index >= 15 is 0 Å². The molecule has 1 aliphatic heterocycles. The average molecular weight is 404 g/mol. The summed E-state index contributed by atoms with van der Waals surface area (Å²) in [5.41, 5.74) is -0.633. The Morgan fingerprint density at radius 1 is 1.22 bits per heavy atom. The highest BCUT2D eigenvalue weighted by atomic mass is 32.2. The third-order valence-electron chi connectivity index (χ3n) is 5.52. The van der Waals surface area contributed by atoms with Crippen LogP contribution < -0.4 is 10.6 Å². The van der Waals surface area contributed by atoms with E-state index in [2.05, 4.69) is 10.6 Å². The zero-order valence-electron chi connectivity index (χ0n) is 14.8. The lowest BCUT2D eigenvalue weighted by atomic mass is 9.78. The fourth-order valence-electron chi connectivity index (χ4n) is 4.04. The van der Waals surface area contributed by atoms with Gasteiger partial charge in [-0.15, -0.1) is 0 Å². The van der Waals surface area contributed by atoms with E-state index in [-0.39, 0.29) is 18.1 Å². The molecule has 2 fully saturated rings. The van der Waals surface area contributed by atoms with E-state index in [1.165, 1.54) is 12.1 Å². The van der Waals surface area contributed by atoms with Crippen LogP contribution in [0.2, 0.25) is 0 Å². The molecule has 150 valence electrons. The van der Waals surface area contributed by atoms with Crippen LogP contribution in [0.4, 0.5) is 18.0 Å². The van der Waals surface area contributed by atoms with Gasteiger partial charge in [0.2, 0.25) is 0 Å². The number of carbonyl (C=O) groups excluding carboxylic acids is 1. The molecule has 1 aromatic carbocycles. The molecule has 1 aromatic rings. The highest BCUT2D eigenvalue weighted by Gasteiger charge is 2.38. The molecule has 3 rings (SSSR count). The van der Waals surface area contributed by atoms with Gasteiger partial charge in [0.15, 0.2) is 9.84 Å². The van der Waals surface area contributed by atoms with Gasteiger partial charge in [0.25, 0.3) is 0 Å². The van der Waals surface area contributed by atoms with Crippen LogP contribution in [-0.2, 0) is 21.4 Å². The van der Waals surface area contributed by atoms with Gasteiger partial charge in [-0.1, -0.05) is 31.0 Å². The van der Waals surface area contributed by atoms with E-state index in [0.29, 0.717) is 24.8 Å². The van der Waals surface area contributed by atoms with Crippen LogP contribution in [0.15, 0.2) is 24.3 Å². The zero-order valence-corrected chi connectivity index (χ0v) is 15.6. The first-order valence-electron chi connectivity index (χ1n) is 9.02. The summed E-state index contributed by atoms with van der Waals surface area (Å²) >= 11 is 0. The van der Waals surface area contributed by atoms with E-state index in [1.807, 2.05) is 0 Å². The molecule has 1 atom stereocenters. The normalized spacial score (nSPS) is 23.9. The van der Waals surface area contributed by atoms with Gasteiger partial charge in [0.05, 0.1) is 17.1 Å². The average Bonchev–Trinajstić information content (AvgIpc) is 3.20. The monoisotopic (exact) mass is 404 g/mol. The molecule has 2 aliphatic rings. The Balaban J connectivity index is 1.68. The molecular formula is C18H23F3N2O3S. The summed E-state index contributed by atoms with van der Waals surface area (Å²) in [5.74, 6) is -0.00862. The first kappa shape index (κ1) is 20.0. The Morgan fingerprint density at radius 2 is 1.93 bits per heavy atom. The Bertz CT molecular complexity index is 802. The van der Waals surface area contributed by atoms with Crippen molar-refractivity contribution in [2.75, 3.05) is 18.1 Å². The highest BCUT2D eigenvalue weighted by Crippen LogP contribution is 2.42. The van der Waals surface area contributed by atoms with Crippen molar-refractivity contribution in [1.82, 2.24) is 10.6 Å². The summed E-state index contributed by atoms with van der Waals surface area (Å²) in [6, 6.07) is 4.42. The number of hydrogen-bond acceptors (Lipinski definition) is 3. The van der Waals surface area contributed by atoms with E-state index < -0.39 is 39.1 Å². The number of sulfone groups is 1. The summed E-state index contributed by atoms with van der Waals surface area (Å²) in [6.45, 7) is 0.222. The molecule has 0 aromatic heterocycles. The van der Waals surface area contributed by atoms with Gasteiger partial charge in [-0.05, 0) is 30.9 Å². The van der Waals surface area contributed by atoms with Crippen molar-refractivity contribution >= 4 is 15.9 Å². The first-order valence-corrected chi connectivity index (χ1v) is 10.8. The molecule has 2 N–H and O–H groups in total. The number of urea groups is 1. The van der Waals surface area contributed by atoms with Gasteiger partial charge >= 0.3 is 12.2 Å². The number of alkyl halides is 3. The summed E-state index contributed by atoms with van der Waals surface area (Å²) in [4.78, 5) is 12.2. The van der Waals surface area contributed by atoms with Gasteiger partial charge in [-0.3, -0.25) is 0 Å². The van der Waals surface area contributed by atoms with E-state index in [1.54, 1.807) is 6.07 Å². The lowest BCUT2D eigenvalue weighted by Gasteiger charge is -2.31. The molecule has 5 nitrogen and oxygen atoms in total. The van der Waals surface area contributed by atoms with Crippen LogP contribution in [-0.4, -0.2) is 38.5 Å². The number of nitrogens with one attached hydrogen (secondary N) is 2. The summed E-state index contributed by atoms with van der Waals surface area (Å²) < 4.78 is 62.1. The van der Waals surface area contributed by atoms with Crippen LogP contribution >= 0.6 is 0 Å². The van der Waals surface area contributed by atoms with Crippen LogP contribution in [0.25, 0.3) is 0 Å². The molecule has 27 heavy (non-hydrogen) atoms. The summed E-state index contributed by atoms with van der Waals surface area (Å²) in [7, 11) is -3.09. The maximum Gasteiger partial charge on any atom is 0.416 e. The molecule has 0 bridgehead atoms. The van der Waals surface area contributed by atoms with Gasteiger partial charge in [-0.25, -0.2) is 13.2 Å². The molecule has 1 saturated carbocycles. The van der Waals surface area contributed by atoms with Gasteiger partial charge < -0.3 is 10.6 Å².